The number of para-hydroxylation sites is 1. The molecule has 176 valence electrons. The zero-order valence-corrected chi connectivity index (χ0v) is 19.8. The molecule has 35 heavy (non-hydrogen) atoms. The van der Waals surface area contributed by atoms with Crippen LogP contribution in [-0.2, 0) is 13.0 Å². The van der Waals surface area contributed by atoms with E-state index in [1.54, 1.807) is 24.3 Å². The summed E-state index contributed by atoms with van der Waals surface area (Å²) in [5.41, 5.74) is 3.04. The molecule has 2 amide bonds. The average molecular weight is 486 g/mol. The van der Waals surface area contributed by atoms with Gasteiger partial charge in [-0.05, 0) is 43.5 Å². The van der Waals surface area contributed by atoms with Gasteiger partial charge in [0.2, 0.25) is 0 Å². The van der Waals surface area contributed by atoms with E-state index in [1.807, 2.05) is 30.3 Å². The van der Waals surface area contributed by atoms with Crippen molar-refractivity contribution >= 4 is 23.6 Å². The van der Waals surface area contributed by atoms with E-state index < -0.39 is 0 Å². The molecule has 0 spiro atoms. The number of carbonyl (C=O) groups is 2. The second-order valence-corrected chi connectivity index (χ2v) is 9.77. The fourth-order valence-electron chi connectivity index (χ4n) is 4.88. The summed E-state index contributed by atoms with van der Waals surface area (Å²) in [4.78, 5) is 44.9. The molecule has 8 nitrogen and oxygen atoms in total. The van der Waals surface area contributed by atoms with E-state index >= 15 is 0 Å². The minimum absolute atomic E-state index is 0.146. The molecule has 0 fully saturated rings. The van der Waals surface area contributed by atoms with E-state index in [0.717, 1.165) is 43.1 Å². The van der Waals surface area contributed by atoms with E-state index in [0.29, 0.717) is 34.0 Å². The number of imide groups is 1. The maximum atomic E-state index is 13.4. The lowest BCUT2D eigenvalue weighted by molar-refractivity contribution is 0.0664. The summed E-state index contributed by atoms with van der Waals surface area (Å²) in [6.45, 7) is 1.07. The third kappa shape index (κ3) is 3.67. The summed E-state index contributed by atoms with van der Waals surface area (Å²) in [5, 5.41) is 5.33. The van der Waals surface area contributed by atoms with Gasteiger partial charge in [-0.3, -0.25) is 19.3 Å². The summed E-state index contributed by atoms with van der Waals surface area (Å²) in [5.74, 6) is 0.445. The second-order valence-electron chi connectivity index (χ2n) is 8.71. The molecule has 2 aromatic carbocycles. The monoisotopic (exact) mass is 485 g/mol. The Morgan fingerprint density at radius 3 is 2.31 bits per heavy atom. The van der Waals surface area contributed by atoms with Crippen LogP contribution in [0.3, 0.4) is 0 Å². The van der Waals surface area contributed by atoms with Crippen molar-refractivity contribution in [3.8, 4) is 17.1 Å². The van der Waals surface area contributed by atoms with Crippen molar-refractivity contribution in [1.82, 2.24) is 24.2 Å². The van der Waals surface area contributed by atoms with Crippen LogP contribution >= 0.6 is 11.8 Å². The number of benzene rings is 2. The molecule has 0 unspecified atom stereocenters. The minimum atomic E-state index is -0.251. The minimum Gasteiger partial charge on any atom is -0.324 e. The topological polar surface area (TPSA) is 90.1 Å². The highest BCUT2D eigenvalue weighted by Gasteiger charge is 2.35. The van der Waals surface area contributed by atoms with Crippen molar-refractivity contribution in [1.29, 1.82) is 0 Å². The maximum Gasteiger partial charge on any atom is 0.284 e. The van der Waals surface area contributed by atoms with Gasteiger partial charge in [-0.1, -0.05) is 48.5 Å². The van der Waals surface area contributed by atoms with Gasteiger partial charge < -0.3 is 4.57 Å². The molecule has 9 heteroatoms. The fraction of sp³-hybridized carbons (Fsp3) is 0.269. The number of hydrogen-bond acceptors (Lipinski definition) is 6. The van der Waals surface area contributed by atoms with Gasteiger partial charge >= 0.3 is 0 Å². The number of carbonyl (C=O) groups excluding carboxylic acids is 2. The molecular formula is C26H23N5O3S. The van der Waals surface area contributed by atoms with E-state index in [2.05, 4.69) is 9.67 Å². The third-order valence-electron chi connectivity index (χ3n) is 6.59. The number of fused-ring (bicyclic) bond motifs is 4. The molecule has 0 atom stereocenters. The molecular weight excluding hydrogens is 462 g/mol. The Balaban J connectivity index is 1.32. The van der Waals surface area contributed by atoms with Crippen LogP contribution in [0.2, 0.25) is 0 Å². The van der Waals surface area contributed by atoms with Crippen LogP contribution in [0.5, 0.6) is 0 Å². The maximum absolute atomic E-state index is 13.4. The Labute approximate surface area is 205 Å². The molecule has 4 heterocycles. The highest BCUT2D eigenvalue weighted by molar-refractivity contribution is 7.99. The molecule has 4 aliphatic rings. The molecule has 4 aliphatic heterocycles. The van der Waals surface area contributed by atoms with Crippen LogP contribution in [-0.4, -0.2) is 48.3 Å². The molecule has 0 radical (unpaired) electrons. The highest BCUT2D eigenvalue weighted by atomic mass is 32.2. The van der Waals surface area contributed by atoms with Crippen LogP contribution in [0.1, 0.15) is 45.7 Å². The summed E-state index contributed by atoms with van der Waals surface area (Å²) >= 11 is 1.49. The SMILES string of the molecule is O=C1c2ccccc2C(=O)N1CCSc1nc2nn(-c3ccccc3)c(=O)c-2c2n1CCCCC2. The molecule has 6 rings (SSSR count). The van der Waals surface area contributed by atoms with Gasteiger partial charge in [0.25, 0.3) is 17.4 Å². The quantitative estimate of drug-likeness (QED) is 0.244. The Hall–Kier alpha value is -3.72. The summed E-state index contributed by atoms with van der Waals surface area (Å²) in [7, 11) is 0. The standard InChI is InChI=1S/C26H23N5O3S/c32-23-18-11-6-7-12-19(18)24(33)30(23)15-16-35-26-27-22-21(20-13-5-2-8-14-29(20)26)25(34)31(28-22)17-9-3-1-4-10-17/h1,3-4,6-7,9-12H,2,5,8,13-16H2. The van der Waals surface area contributed by atoms with E-state index in [9.17, 15) is 14.4 Å². The number of rotatable bonds is 5. The normalized spacial score (nSPS) is 15.4. The number of nitrogens with zero attached hydrogens (tertiary/aromatic N) is 5. The van der Waals surface area contributed by atoms with Crippen molar-refractivity contribution in [2.75, 3.05) is 12.3 Å². The predicted octanol–water partition coefficient (Wildman–Crippen LogP) is 3.65. The Kier molecular flexibility index (Phi) is 5.49. The van der Waals surface area contributed by atoms with Crippen molar-refractivity contribution < 1.29 is 9.59 Å². The summed E-state index contributed by atoms with van der Waals surface area (Å²) < 4.78 is 3.57. The van der Waals surface area contributed by atoms with E-state index in [-0.39, 0.29) is 23.9 Å². The number of hydrogen-bond donors (Lipinski definition) is 0. The van der Waals surface area contributed by atoms with Crippen LogP contribution < -0.4 is 5.56 Å². The fourth-order valence-corrected chi connectivity index (χ4v) is 5.84. The second kappa shape index (κ2) is 8.81. The van der Waals surface area contributed by atoms with Crippen LogP contribution in [0.15, 0.2) is 64.5 Å². The molecule has 0 aromatic heterocycles. The van der Waals surface area contributed by atoms with Gasteiger partial charge in [-0.15, -0.1) is 5.10 Å². The molecule has 0 saturated carbocycles. The molecule has 0 N–H and O–H groups in total. The van der Waals surface area contributed by atoms with E-state index in [1.165, 1.54) is 21.3 Å². The first-order chi connectivity index (χ1) is 17.1. The smallest absolute Gasteiger partial charge is 0.284 e. The first kappa shape index (κ1) is 21.8. The zero-order valence-electron chi connectivity index (χ0n) is 19.0. The van der Waals surface area contributed by atoms with Gasteiger partial charge in [0.05, 0.1) is 16.8 Å². The lowest BCUT2D eigenvalue weighted by atomic mass is 10.1. The van der Waals surface area contributed by atoms with Gasteiger partial charge in [-0.25, -0.2) is 4.98 Å². The van der Waals surface area contributed by atoms with Crippen molar-refractivity contribution in [3.05, 3.63) is 81.8 Å². The van der Waals surface area contributed by atoms with Crippen molar-refractivity contribution in [2.45, 2.75) is 37.4 Å². The molecule has 2 aromatic rings. The zero-order chi connectivity index (χ0) is 23.9. The van der Waals surface area contributed by atoms with Gasteiger partial charge in [0.15, 0.2) is 11.0 Å². The Morgan fingerprint density at radius 1 is 0.857 bits per heavy atom. The Bertz CT molecular complexity index is 1440. The van der Waals surface area contributed by atoms with Gasteiger partial charge in [0, 0.05) is 24.5 Å². The van der Waals surface area contributed by atoms with Gasteiger partial charge in [-0.2, -0.15) is 4.68 Å². The number of aromatic nitrogens is 4. The van der Waals surface area contributed by atoms with Crippen LogP contribution in [0.4, 0.5) is 0 Å². The lowest BCUT2D eigenvalue weighted by Crippen LogP contribution is -2.32. The Morgan fingerprint density at radius 2 is 1.57 bits per heavy atom. The molecule has 0 bridgehead atoms. The van der Waals surface area contributed by atoms with Crippen molar-refractivity contribution in [2.24, 2.45) is 0 Å². The molecule has 0 saturated heterocycles. The lowest BCUT2D eigenvalue weighted by Gasteiger charge is -2.18. The summed E-state index contributed by atoms with van der Waals surface area (Å²) in [6, 6.07) is 16.3. The largest absolute Gasteiger partial charge is 0.324 e. The van der Waals surface area contributed by atoms with Crippen LogP contribution in [0.25, 0.3) is 17.1 Å². The number of amides is 2. The first-order valence-corrected chi connectivity index (χ1v) is 12.8. The van der Waals surface area contributed by atoms with Gasteiger partial charge in [0.1, 0.15) is 5.56 Å². The van der Waals surface area contributed by atoms with Crippen molar-refractivity contribution in [3.63, 3.8) is 0 Å². The predicted molar refractivity (Wildman–Crippen MR) is 132 cm³/mol. The third-order valence-corrected chi connectivity index (χ3v) is 7.55. The average Bonchev–Trinajstić information content (AvgIpc) is 3.19. The van der Waals surface area contributed by atoms with E-state index in [4.69, 9.17) is 4.98 Å². The molecule has 0 aliphatic carbocycles. The van der Waals surface area contributed by atoms with Crippen LogP contribution in [0, 0.1) is 0 Å². The first-order valence-electron chi connectivity index (χ1n) is 11.8. The summed E-state index contributed by atoms with van der Waals surface area (Å²) in [6.07, 6.45) is 3.90. The number of thioether (sulfide) groups is 1. The highest BCUT2D eigenvalue weighted by Crippen LogP contribution is 2.31.